The Kier molecular flexibility index (Phi) is 21.5. The summed E-state index contributed by atoms with van der Waals surface area (Å²) in [6.07, 6.45) is 8.87. The summed E-state index contributed by atoms with van der Waals surface area (Å²) in [5, 5.41) is 30.6. The average Bonchev–Trinajstić information content (AvgIpc) is 1.55. The average molecular weight is 1460 g/mol. The molecule has 5 N–H and O–H groups in total. The van der Waals surface area contributed by atoms with Crippen LogP contribution in [0.1, 0.15) is 181 Å². The third-order valence-corrected chi connectivity index (χ3v) is 27.9. The van der Waals surface area contributed by atoms with Crippen molar-refractivity contribution < 1.29 is 110 Å². The molecule has 2 spiro atoms. The third kappa shape index (κ3) is 14.3. The first kappa shape index (κ1) is 74.2. The van der Waals surface area contributed by atoms with Crippen LogP contribution in [0.5, 0.6) is 0 Å². The standard InChI is InChI=1S/C40H59NO11.C40H58O12/c2*1-19-11-24-5-7-28-20(2)12-26(45-28)9-10-40-17-33-36(51-40)37-38(50-33)39(52-40)35-29(49-37)8-6-25(47-35)13-22(42)14-27-31(16-30(46-24)21(19)3)48-32(34(27)44-4)15-23(43)18-41/h19,23-39,43H,2-3,5-18,41H2,1,4H3;19,23-39,41,43H,2-3,5-18H2,1,4H3/t2*19-,23+,24+,25?,26+,27+,28?,29+,30?,31+,32-,33+,34-,35?,36-,37?,38-,39+,40+/m11/s1. The number of fused-ring (bicyclic) bond motifs is 12. The minimum atomic E-state index is -0.951. The van der Waals surface area contributed by atoms with Gasteiger partial charge < -0.3 is 106 Å². The van der Waals surface area contributed by atoms with E-state index in [0.29, 0.717) is 51.4 Å². The summed E-state index contributed by atoms with van der Waals surface area (Å²) in [5.41, 5.74) is 10.2. The van der Waals surface area contributed by atoms with Crippen molar-refractivity contribution >= 4 is 11.6 Å². The molecule has 24 nitrogen and oxygen atoms in total. The molecule has 104 heavy (non-hydrogen) atoms. The molecule has 20 saturated heterocycles. The van der Waals surface area contributed by atoms with E-state index in [9.17, 15) is 24.9 Å². The van der Waals surface area contributed by atoms with Crippen molar-refractivity contribution in [2.45, 2.75) is 388 Å². The van der Waals surface area contributed by atoms with Crippen LogP contribution in [0.15, 0.2) is 48.6 Å². The van der Waals surface area contributed by atoms with Crippen LogP contribution in [0, 0.1) is 23.7 Å². The number of nitrogens with two attached hydrogens (primary N) is 1. The molecule has 24 heteroatoms. The Morgan fingerprint density at radius 2 is 0.817 bits per heavy atom. The predicted molar refractivity (Wildman–Crippen MR) is 371 cm³/mol. The summed E-state index contributed by atoms with van der Waals surface area (Å²) in [4.78, 5) is 28.1. The zero-order valence-electron chi connectivity index (χ0n) is 61.5. The third-order valence-electron chi connectivity index (χ3n) is 27.9. The van der Waals surface area contributed by atoms with Crippen LogP contribution in [0.2, 0.25) is 0 Å². The summed E-state index contributed by atoms with van der Waals surface area (Å²) < 4.78 is 120. The van der Waals surface area contributed by atoms with Crippen LogP contribution in [-0.2, 0) is 94.9 Å². The molecular formula is C80H117NO23. The molecule has 0 aromatic rings. The maximum Gasteiger partial charge on any atom is 0.172 e. The van der Waals surface area contributed by atoms with E-state index in [1.54, 1.807) is 14.2 Å². The van der Waals surface area contributed by atoms with Gasteiger partial charge in [-0.15, -0.1) is 0 Å². The maximum atomic E-state index is 14.1. The van der Waals surface area contributed by atoms with E-state index >= 15 is 0 Å². The topological polar surface area (TPSA) is 287 Å². The van der Waals surface area contributed by atoms with Gasteiger partial charge in [-0.05, 0) is 124 Å². The number of aliphatic hydroxyl groups is 3. The Morgan fingerprint density at radius 3 is 1.25 bits per heavy atom. The zero-order valence-corrected chi connectivity index (χ0v) is 61.5. The Bertz CT molecular complexity index is 2950. The fourth-order valence-electron chi connectivity index (χ4n) is 22.5. The molecule has 0 aromatic carbocycles. The highest BCUT2D eigenvalue weighted by molar-refractivity contribution is 5.80. The number of Topliss-reactive ketones (excluding diaryl/α,β-unsaturated/α-hetero) is 2. The Hall–Kier alpha value is -2.58. The molecule has 0 aromatic heterocycles. The Morgan fingerprint density at radius 1 is 0.423 bits per heavy atom. The Labute approximate surface area is 612 Å². The molecular weight excluding hydrogens is 1340 g/mol. The first-order valence-corrected chi connectivity index (χ1v) is 40.3. The van der Waals surface area contributed by atoms with E-state index in [1.807, 2.05) is 0 Å². The van der Waals surface area contributed by atoms with Gasteiger partial charge in [0.2, 0.25) is 0 Å². The summed E-state index contributed by atoms with van der Waals surface area (Å²) >= 11 is 0. The number of ether oxygens (including phenoxy) is 18. The van der Waals surface area contributed by atoms with E-state index in [2.05, 4.69) is 40.2 Å². The monoisotopic (exact) mass is 1460 g/mol. The molecule has 20 aliphatic rings. The van der Waals surface area contributed by atoms with Crippen molar-refractivity contribution in [2.24, 2.45) is 29.4 Å². The summed E-state index contributed by atoms with van der Waals surface area (Å²) in [5.74, 6) is -1.33. The summed E-state index contributed by atoms with van der Waals surface area (Å²) in [6.45, 7) is 22.0. The minimum Gasteiger partial charge on any atom is -0.394 e. The molecule has 0 radical (unpaired) electrons. The molecule has 24 bridgehead atoms. The number of ketones is 2. The van der Waals surface area contributed by atoms with Crippen molar-refractivity contribution in [3.8, 4) is 0 Å². The SMILES string of the molecule is C=C1C[C@@H]2CC[C@@]34C[C@@H]5O[C@@H]6C(O[C@H]7CCC(CC(=O)C[C@@H]8[C@@H](OC)[C@@H](C[C@H](O)CN)O[C@H]8CC8O[C@@H](CCC1O2)C[C@@H](C)C8=C)OC7[C@@H]6O3)[C@@H]5O4.C=C1C[C@@H]2CC[C@@]34C[C@@H]5O[C@@H]6C(O[C@H]7CCC(CC(=O)C[C@@H]8[C@@H](OC)[C@@H](C[C@H](O)CO)O[C@H]8CC8O[C@@H](CCC1O2)C[C@@H](C)C8=C)OC7[C@@H]6O3)[C@@H]5O4. The van der Waals surface area contributed by atoms with Gasteiger partial charge in [0, 0.05) is 110 Å². The zero-order chi connectivity index (χ0) is 71.8. The molecule has 20 rings (SSSR count). The largest absolute Gasteiger partial charge is 0.394 e. The van der Waals surface area contributed by atoms with Crippen LogP contribution in [-0.4, -0.2) is 261 Å². The first-order chi connectivity index (χ1) is 50.2. The number of aliphatic hydroxyl groups excluding tert-OH is 3. The molecule has 20 fully saturated rings. The highest BCUT2D eigenvalue weighted by atomic mass is 16.8. The van der Waals surface area contributed by atoms with Gasteiger partial charge >= 0.3 is 0 Å². The molecule has 580 valence electrons. The van der Waals surface area contributed by atoms with Crippen LogP contribution in [0.25, 0.3) is 0 Å². The van der Waals surface area contributed by atoms with E-state index in [1.165, 1.54) is 0 Å². The Balaban J connectivity index is 0.000000154. The number of hydrogen-bond acceptors (Lipinski definition) is 24. The van der Waals surface area contributed by atoms with E-state index in [0.717, 1.165) is 106 Å². The lowest BCUT2D eigenvalue weighted by Gasteiger charge is -2.47. The number of hydrogen-bond donors (Lipinski definition) is 4. The van der Waals surface area contributed by atoms with Crippen molar-refractivity contribution in [2.75, 3.05) is 27.4 Å². The van der Waals surface area contributed by atoms with Crippen LogP contribution < -0.4 is 5.73 Å². The van der Waals surface area contributed by atoms with Gasteiger partial charge in [-0.2, -0.15) is 0 Å². The number of methoxy groups -OCH3 is 2. The van der Waals surface area contributed by atoms with Crippen LogP contribution in [0.4, 0.5) is 0 Å². The van der Waals surface area contributed by atoms with E-state index in [4.69, 9.17) is 91.0 Å². The van der Waals surface area contributed by atoms with Gasteiger partial charge in [0.25, 0.3) is 0 Å². The van der Waals surface area contributed by atoms with Crippen molar-refractivity contribution in [3.63, 3.8) is 0 Å². The fourth-order valence-corrected chi connectivity index (χ4v) is 22.5. The predicted octanol–water partition coefficient (Wildman–Crippen LogP) is 6.91. The molecule has 10 unspecified atom stereocenters. The van der Waals surface area contributed by atoms with Gasteiger partial charge in [-0.1, -0.05) is 40.2 Å². The second kappa shape index (κ2) is 30.2. The van der Waals surface area contributed by atoms with E-state index < -0.39 is 42.1 Å². The van der Waals surface area contributed by atoms with Gasteiger partial charge in [-0.25, -0.2) is 0 Å². The van der Waals surface area contributed by atoms with Gasteiger partial charge in [0.05, 0.1) is 141 Å². The van der Waals surface area contributed by atoms with Gasteiger partial charge in [0.1, 0.15) is 72.6 Å². The molecule has 0 aliphatic carbocycles. The highest BCUT2D eigenvalue weighted by Crippen LogP contribution is 2.57. The maximum absolute atomic E-state index is 14.1. The first-order valence-electron chi connectivity index (χ1n) is 40.3. The van der Waals surface area contributed by atoms with Gasteiger partial charge in [-0.3, -0.25) is 9.59 Å². The highest BCUT2D eigenvalue weighted by Gasteiger charge is 2.71. The minimum absolute atomic E-state index is 0.0158. The lowest BCUT2D eigenvalue weighted by atomic mass is 9.81. The number of carbonyl (C=O) groups excluding carboxylic acids is 2. The van der Waals surface area contributed by atoms with Gasteiger partial charge in [0.15, 0.2) is 11.6 Å². The molecule has 20 heterocycles. The van der Waals surface area contributed by atoms with E-state index in [-0.39, 0.29) is 245 Å². The van der Waals surface area contributed by atoms with Crippen molar-refractivity contribution in [1.29, 1.82) is 0 Å². The molecule has 38 atom stereocenters. The lowest BCUT2D eigenvalue weighted by Crippen LogP contribution is -2.61. The molecule has 0 saturated carbocycles. The summed E-state index contributed by atoms with van der Waals surface area (Å²) in [7, 11) is 3.29. The second-order valence-corrected chi connectivity index (χ2v) is 34.8. The number of rotatable bonds is 8. The van der Waals surface area contributed by atoms with Crippen LogP contribution in [0.3, 0.4) is 0 Å². The fraction of sp³-hybridized carbons (Fsp3) is 0.875. The smallest absolute Gasteiger partial charge is 0.172 e. The van der Waals surface area contributed by atoms with Crippen molar-refractivity contribution in [3.05, 3.63) is 48.6 Å². The lowest BCUT2D eigenvalue weighted by molar-refractivity contribution is -0.292. The quantitative estimate of drug-likeness (QED) is 0.180. The summed E-state index contributed by atoms with van der Waals surface area (Å²) in [6, 6.07) is 0. The van der Waals surface area contributed by atoms with Crippen LogP contribution >= 0.6 is 0 Å². The molecule has 20 aliphatic heterocycles. The normalized spacial score (nSPS) is 52.4. The molecule has 0 amide bonds. The van der Waals surface area contributed by atoms with Crippen molar-refractivity contribution in [1.82, 2.24) is 0 Å². The second-order valence-electron chi connectivity index (χ2n) is 34.8. The number of carbonyl (C=O) groups is 2.